The molecule has 1 rings (SSSR count). The average molecular weight is 242 g/mol. The number of hydrogen-bond acceptors (Lipinski definition) is 4. The third kappa shape index (κ3) is 2.54. The molecule has 1 aromatic heterocycles. The number of primary amides is 1. The van der Waals surface area contributed by atoms with Crippen LogP contribution in [0.25, 0.3) is 6.08 Å². The Balaban J connectivity index is 3.29. The number of nitrogens with zero attached hydrogens (tertiary/aromatic N) is 2. The number of nitrogens with two attached hydrogens (primary N) is 1. The highest BCUT2D eigenvalue weighted by Crippen LogP contribution is 2.28. The minimum atomic E-state index is -0.642. The molecule has 1 aromatic rings. The van der Waals surface area contributed by atoms with E-state index in [4.69, 9.17) is 17.3 Å². The highest BCUT2D eigenvalue weighted by Gasteiger charge is 2.19. The van der Waals surface area contributed by atoms with E-state index in [2.05, 4.69) is 4.98 Å². The van der Waals surface area contributed by atoms with Gasteiger partial charge in [-0.3, -0.25) is 14.9 Å². The normalized spacial score (nSPS) is 10.6. The van der Waals surface area contributed by atoms with Crippen LogP contribution in [0, 0.1) is 17.0 Å². The summed E-state index contributed by atoms with van der Waals surface area (Å²) in [5.74, 6) is -0.642. The molecule has 0 aliphatic carbocycles. The third-order valence-corrected chi connectivity index (χ3v) is 2.19. The van der Waals surface area contributed by atoms with Gasteiger partial charge in [0, 0.05) is 23.4 Å². The molecule has 1 heterocycles. The fourth-order valence-electron chi connectivity index (χ4n) is 1.13. The molecule has 0 fully saturated rings. The van der Waals surface area contributed by atoms with E-state index in [1.54, 1.807) is 0 Å². The maximum atomic E-state index is 10.7. The number of hydrogen-bond donors (Lipinski definition) is 1. The smallest absolute Gasteiger partial charge is 0.309 e. The highest BCUT2D eigenvalue weighted by atomic mass is 35.5. The molecular formula is C9H8ClN3O3. The van der Waals surface area contributed by atoms with E-state index in [0.717, 1.165) is 6.08 Å². The number of carbonyl (C=O) groups excluding carboxylic acids is 1. The monoisotopic (exact) mass is 241 g/mol. The first-order valence-electron chi connectivity index (χ1n) is 4.20. The van der Waals surface area contributed by atoms with Crippen molar-refractivity contribution in [2.45, 2.75) is 6.92 Å². The van der Waals surface area contributed by atoms with Crippen molar-refractivity contribution < 1.29 is 9.72 Å². The van der Waals surface area contributed by atoms with Crippen molar-refractivity contribution in [1.29, 1.82) is 0 Å². The van der Waals surface area contributed by atoms with Gasteiger partial charge >= 0.3 is 5.69 Å². The van der Waals surface area contributed by atoms with Crippen LogP contribution >= 0.6 is 11.6 Å². The van der Waals surface area contributed by atoms with Crippen LogP contribution in [0.15, 0.2) is 12.3 Å². The lowest BCUT2D eigenvalue weighted by atomic mass is 10.1. The van der Waals surface area contributed by atoms with E-state index >= 15 is 0 Å². The highest BCUT2D eigenvalue weighted by molar-refractivity contribution is 6.31. The Morgan fingerprint density at radius 3 is 2.81 bits per heavy atom. The summed E-state index contributed by atoms with van der Waals surface area (Å²) in [7, 11) is 0. The zero-order valence-corrected chi connectivity index (χ0v) is 9.06. The first-order valence-corrected chi connectivity index (χ1v) is 4.58. The molecule has 0 aromatic carbocycles. The molecule has 0 saturated heterocycles. The van der Waals surface area contributed by atoms with E-state index in [-0.39, 0.29) is 10.8 Å². The third-order valence-electron chi connectivity index (χ3n) is 1.91. The SMILES string of the molecule is Cc1c(C=CC(N)=O)cnc(Cl)c1[N+](=O)[O-]. The first kappa shape index (κ1) is 12.1. The molecule has 2 N–H and O–H groups in total. The molecule has 0 atom stereocenters. The van der Waals surface area contributed by atoms with Crippen molar-refractivity contribution in [3.63, 3.8) is 0 Å². The number of nitro groups is 1. The predicted molar refractivity (Wildman–Crippen MR) is 58.9 cm³/mol. The van der Waals surface area contributed by atoms with Crippen molar-refractivity contribution in [1.82, 2.24) is 4.98 Å². The van der Waals surface area contributed by atoms with Gasteiger partial charge in [0.05, 0.1) is 4.92 Å². The van der Waals surface area contributed by atoms with E-state index in [0.29, 0.717) is 11.1 Å². The maximum Gasteiger partial charge on any atom is 0.309 e. The molecule has 0 saturated carbocycles. The van der Waals surface area contributed by atoms with Gasteiger partial charge in [-0.2, -0.15) is 0 Å². The van der Waals surface area contributed by atoms with Crippen LogP contribution in [-0.2, 0) is 4.79 Å². The summed E-state index contributed by atoms with van der Waals surface area (Å²) < 4.78 is 0. The number of pyridine rings is 1. The van der Waals surface area contributed by atoms with E-state index in [1.807, 2.05) is 0 Å². The second-order valence-electron chi connectivity index (χ2n) is 2.97. The first-order chi connectivity index (χ1) is 7.43. The van der Waals surface area contributed by atoms with Gasteiger partial charge in [-0.15, -0.1) is 0 Å². The second kappa shape index (κ2) is 4.71. The number of amides is 1. The predicted octanol–water partition coefficient (Wildman–Crippen LogP) is 1.45. The Labute approximate surface area is 95.9 Å². The van der Waals surface area contributed by atoms with Gasteiger partial charge in [-0.1, -0.05) is 11.6 Å². The molecule has 0 unspecified atom stereocenters. The Hall–Kier alpha value is -1.95. The van der Waals surface area contributed by atoms with Gasteiger partial charge in [0.2, 0.25) is 11.1 Å². The molecule has 7 heteroatoms. The number of rotatable bonds is 3. The molecule has 16 heavy (non-hydrogen) atoms. The molecule has 0 spiro atoms. The average Bonchev–Trinajstić information content (AvgIpc) is 2.15. The van der Waals surface area contributed by atoms with Crippen LogP contribution in [0.4, 0.5) is 5.69 Å². The molecule has 84 valence electrons. The lowest BCUT2D eigenvalue weighted by Crippen LogP contribution is -2.05. The zero-order chi connectivity index (χ0) is 12.3. The minimum Gasteiger partial charge on any atom is -0.366 e. The van der Waals surface area contributed by atoms with Gasteiger partial charge in [0.15, 0.2) is 0 Å². The van der Waals surface area contributed by atoms with Gasteiger partial charge in [0.1, 0.15) is 0 Å². The molecule has 0 aliphatic rings. The summed E-state index contributed by atoms with van der Waals surface area (Å²) in [4.78, 5) is 24.3. The van der Waals surface area contributed by atoms with Crippen LogP contribution < -0.4 is 5.73 Å². The molecule has 1 amide bonds. The van der Waals surface area contributed by atoms with Gasteiger partial charge < -0.3 is 5.73 Å². The number of carbonyl (C=O) groups is 1. The van der Waals surface area contributed by atoms with E-state index in [1.165, 1.54) is 19.2 Å². The molecular weight excluding hydrogens is 234 g/mol. The van der Waals surface area contributed by atoms with Crippen LogP contribution in [0.5, 0.6) is 0 Å². The number of halogens is 1. The van der Waals surface area contributed by atoms with Crippen molar-refractivity contribution >= 4 is 29.3 Å². The van der Waals surface area contributed by atoms with Gasteiger partial charge in [0.25, 0.3) is 0 Å². The van der Waals surface area contributed by atoms with E-state index in [9.17, 15) is 14.9 Å². The summed E-state index contributed by atoms with van der Waals surface area (Å²) in [6.07, 6.45) is 3.79. The lowest BCUT2D eigenvalue weighted by Gasteiger charge is -2.02. The molecule has 0 bridgehead atoms. The Bertz CT molecular complexity index is 485. The van der Waals surface area contributed by atoms with Gasteiger partial charge in [-0.05, 0) is 13.0 Å². The second-order valence-corrected chi connectivity index (χ2v) is 3.33. The zero-order valence-electron chi connectivity index (χ0n) is 8.31. The Morgan fingerprint density at radius 1 is 1.69 bits per heavy atom. The lowest BCUT2D eigenvalue weighted by molar-refractivity contribution is -0.385. The van der Waals surface area contributed by atoms with Crippen LogP contribution in [0.3, 0.4) is 0 Å². The molecule has 0 radical (unpaired) electrons. The maximum absolute atomic E-state index is 10.7. The van der Waals surface area contributed by atoms with Crippen molar-refractivity contribution in [2.24, 2.45) is 5.73 Å². The van der Waals surface area contributed by atoms with Crippen molar-refractivity contribution in [2.75, 3.05) is 0 Å². The largest absolute Gasteiger partial charge is 0.366 e. The topological polar surface area (TPSA) is 99.1 Å². The summed E-state index contributed by atoms with van der Waals surface area (Å²) >= 11 is 5.59. The van der Waals surface area contributed by atoms with Crippen LogP contribution in [0.1, 0.15) is 11.1 Å². The van der Waals surface area contributed by atoms with Crippen molar-refractivity contribution in [3.8, 4) is 0 Å². The summed E-state index contributed by atoms with van der Waals surface area (Å²) in [6.45, 7) is 1.52. The molecule has 6 nitrogen and oxygen atoms in total. The Morgan fingerprint density at radius 2 is 2.31 bits per heavy atom. The van der Waals surface area contributed by atoms with Gasteiger partial charge in [-0.25, -0.2) is 4.98 Å². The summed E-state index contributed by atoms with van der Waals surface area (Å²) in [5, 5.41) is 10.5. The summed E-state index contributed by atoms with van der Waals surface area (Å²) in [6, 6.07) is 0. The Kier molecular flexibility index (Phi) is 3.57. The minimum absolute atomic E-state index is 0.182. The standard InChI is InChI=1S/C9H8ClN3O3/c1-5-6(2-3-7(11)14)4-12-9(10)8(5)13(15)16/h2-4H,1H3,(H2,11,14). The molecule has 0 aliphatic heterocycles. The summed E-state index contributed by atoms with van der Waals surface area (Å²) in [5.41, 5.74) is 5.40. The van der Waals surface area contributed by atoms with Crippen LogP contribution in [0.2, 0.25) is 5.15 Å². The van der Waals surface area contributed by atoms with E-state index < -0.39 is 10.8 Å². The van der Waals surface area contributed by atoms with Crippen molar-refractivity contribution in [3.05, 3.63) is 38.7 Å². The quantitative estimate of drug-likeness (QED) is 0.375. The number of aromatic nitrogens is 1. The fraction of sp³-hybridized carbons (Fsp3) is 0.111. The van der Waals surface area contributed by atoms with Crippen LogP contribution in [-0.4, -0.2) is 15.8 Å². The fourth-order valence-corrected chi connectivity index (χ4v) is 1.39.